The van der Waals surface area contributed by atoms with Crippen LogP contribution in [0.2, 0.25) is 0 Å². The molecule has 1 unspecified atom stereocenters. The number of ketones is 1. The zero-order valence-corrected chi connectivity index (χ0v) is 33.3. The van der Waals surface area contributed by atoms with E-state index in [0.717, 1.165) is 67.2 Å². The highest BCUT2D eigenvalue weighted by Crippen LogP contribution is 2.78. The van der Waals surface area contributed by atoms with Crippen molar-refractivity contribution in [2.24, 2.45) is 33.5 Å². The first-order valence-electron chi connectivity index (χ1n) is 21.2. The summed E-state index contributed by atoms with van der Waals surface area (Å²) in [7, 11) is 0. The third-order valence-electron chi connectivity index (χ3n) is 16.0. The molecule has 1 heterocycles. The number of urea groups is 1. The summed E-state index contributed by atoms with van der Waals surface area (Å²) in [6.07, 6.45) is 13.6. The fourth-order valence-electron chi connectivity index (χ4n) is 13.0. The number of aliphatic hydroxyl groups excluding tert-OH is 1. The van der Waals surface area contributed by atoms with Gasteiger partial charge < -0.3 is 25.2 Å². The Morgan fingerprint density at radius 3 is 2.29 bits per heavy atom. The minimum absolute atomic E-state index is 0.0213. The Balaban J connectivity index is 1.11. The number of nitrogens with one attached hydrogen (secondary N) is 1. The summed E-state index contributed by atoms with van der Waals surface area (Å²) in [6.45, 7) is 7.99. The lowest BCUT2D eigenvalue weighted by Gasteiger charge is -2.71. The predicted octanol–water partition coefficient (Wildman–Crippen LogP) is 9.08. The van der Waals surface area contributed by atoms with Crippen molar-refractivity contribution < 1.29 is 24.5 Å². The van der Waals surface area contributed by atoms with Crippen LogP contribution in [0, 0.1) is 33.5 Å². The maximum atomic E-state index is 15.5. The molecule has 0 radical (unpaired) electrons. The van der Waals surface area contributed by atoms with Crippen LogP contribution in [0.4, 0.5) is 4.79 Å². The number of hydrogen-bond acceptors (Lipinski definition) is 5. The Hall–Kier alpha value is -4.04. The molecule has 6 aliphatic carbocycles. The number of carbonyl (C=O) groups excluding carboxylic acids is 2. The lowest BCUT2D eigenvalue weighted by molar-refractivity contribution is -0.175. The average Bonchev–Trinajstić information content (AvgIpc) is 3.83. The van der Waals surface area contributed by atoms with Crippen molar-refractivity contribution in [1.29, 1.82) is 0 Å². The van der Waals surface area contributed by atoms with Gasteiger partial charge in [0.2, 0.25) is 0 Å². The predicted molar refractivity (Wildman–Crippen MR) is 219 cm³/mol. The third kappa shape index (κ3) is 5.62. The molecule has 1 aliphatic heterocycles. The molecule has 4 fully saturated rings. The van der Waals surface area contributed by atoms with Gasteiger partial charge in [-0.2, -0.15) is 0 Å². The standard InChI is InChI=1S/C49H58N2O5/c1-33(34-13-6-4-7-14-34)50-44(54)51(31-37-17-12-28-56-37)32-48(55)25-22-42-46(48,3)24-21-41-45(2)23-20-36(52)29-47(45)26-27-49(41,42)40(30-47)43(53)39-19-11-10-18-38(39)35-15-8-5-9-16-35/h4-11,13-16,18-19,26-27,30,33,36-37,41-42,52,55H,12,17,20-25,28-29,31-32H2,1-3H3,(H,50,54)/t33-,36?,37-,41-,42-,45-,46+,47+,48-,49-/m1/s1. The van der Waals surface area contributed by atoms with E-state index in [1.165, 1.54) is 0 Å². The zero-order valence-electron chi connectivity index (χ0n) is 33.3. The van der Waals surface area contributed by atoms with E-state index >= 15 is 4.79 Å². The van der Waals surface area contributed by atoms with E-state index in [1.807, 2.05) is 84.6 Å². The number of rotatable bonds is 9. The molecule has 294 valence electrons. The van der Waals surface area contributed by atoms with Crippen molar-refractivity contribution in [2.45, 2.75) is 102 Å². The molecule has 3 aromatic carbocycles. The second-order valence-electron chi connectivity index (χ2n) is 18.6. The van der Waals surface area contributed by atoms with Crippen LogP contribution >= 0.6 is 0 Å². The normalized spacial score (nSPS) is 37.2. The Morgan fingerprint density at radius 1 is 0.857 bits per heavy atom. The maximum Gasteiger partial charge on any atom is 0.318 e. The van der Waals surface area contributed by atoms with Crippen molar-refractivity contribution >= 4 is 11.8 Å². The van der Waals surface area contributed by atoms with Gasteiger partial charge in [0.25, 0.3) is 0 Å². The van der Waals surface area contributed by atoms with Crippen LogP contribution in [0.5, 0.6) is 0 Å². The third-order valence-corrected chi connectivity index (χ3v) is 16.0. The van der Waals surface area contributed by atoms with E-state index in [0.29, 0.717) is 31.6 Å². The minimum atomic E-state index is -1.18. The molecular formula is C49H58N2O5. The summed E-state index contributed by atoms with van der Waals surface area (Å²) in [6, 6.07) is 27.8. The number of allylic oxidation sites excluding steroid dienone is 4. The maximum absolute atomic E-state index is 15.5. The second-order valence-corrected chi connectivity index (χ2v) is 18.6. The number of Topliss-reactive ketones (excluding diaryl/α,β-unsaturated/α-hetero) is 1. The Bertz CT molecular complexity index is 2040. The molecule has 0 aromatic heterocycles. The van der Waals surface area contributed by atoms with Gasteiger partial charge in [0, 0.05) is 40.5 Å². The SMILES string of the molecule is C[C@@H](NC(=O)N(C[C@H]1CCCO1)C[C@]1(O)CC[C@H]2[C@]34C=C[C@@]5(C=C3C(=O)c3ccccc3-c3ccccc3)CC(O)CC[C@]5(C)[C@H]4CC[C@@]21C)c1ccccc1. The van der Waals surface area contributed by atoms with Gasteiger partial charge in [-0.15, -0.1) is 0 Å². The van der Waals surface area contributed by atoms with Crippen LogP contribution < -0.4 is 5.32 Å². The molecule has 7 nitrogen and oxygen atoms in total. The first kappa shape index (κ1) is 37.5. The quantitative estimate of drug-likeness (QED) is 0.150. The molecule has 3 N–H and O–H groups in total. The van der Waals surface area contributed by atoms with Crippen molar-refractivity contribution in [1.82, 2.24) is 10.2 Å². The number of benzene rings is 3. The Labute approximate surface area is 332 Å². The number of aliphatic hydroxyl groups is 2. The van der Waals surface area contributed by atoms with Gasteiger partial charge in [0.1, 0.15) is 0 Å². The molecule has 7 aliphatic rings. The van der Waals surface area contributed by atoms with Crippen LogP contribution in [0.3, 0.4) is 0 Å². The van der Waals surface area contributed by atoms with E-state index in [-0.39, 0.29) is 47.8 Å². The van der Waals surface area contributed by atoms with Gasteiger partial charge in [0.15, 0.2) is 5.78 Å². The fraction of sp³-hybridized carbons (Fsp3) is 0.510. The molecule has 2 spiro atoms. The lowest BCUT2D eigenvalue weighted by Crippen LogP contribution is -2.67. The van der Waals surface area contributed by atoms with Crippen LogP contribution in [0.25, 0.3) is 11.1 Å². The van der Waals surface area contributed by atoms with Crippen molar-refractivity contribution in [3.8, 4) is 11.1 Å². The molecule has 3 aromatic rings. The first-order chi connectivity index (χ1) is 26.9. The van der Waals surface area contributed by atoms with E-state index in [4.69, 9.17) is 4.74 Å². The van der Waals surface area contributed by atoms with Crippen LogP contribution in [-0.2, 0) is 4.74 Å². The number of fused-ring (bicyclic) bond motifs is 1. The molecule has 3 saturated carbocycles. The zero-order chi connectivity index (χ0) is 38.9. The largest absolute Gasteiger partial charge is 0.393 e. The molecule has 10 atom stereocenters. The summed E-state index contributed by atoms with van der Waals surface area (Å²) in [5.74, 6) is 0.208. The van der Waals surface area contributed by atoms with Gasteiger partial charge in [-0.1, -0.05) is 117 Å². The van der Waals surface area contributed by atoms with Gasteiger partial charge in [-0.25, -0.2) is 4.79 Å². The minimum Gasteiger partial charge on any atom is -0.393 e. The highest BCUT2D eigenvalue weighted by atomic mass is 16.5. The van der Waals surface area contributed by atoms with Crippen LogP contribution in [-0.4, -0.2) is 64.4 Å². The topological polar surface area (TPSA) is 99.1 Å². The lowest BCUT2D eigenvalue weighted by atomic mass is 9.32. The second kappa shape index (κ2) is 13.8. The summed E-state index contributed by atoms with van der Waals surface area (Å²) < 4.78 is 6.08. The number of hydrogen-bond donors (Lipinski definition) is 3. The molecule has 10 rings (SSSR count). The smallest absolute Gasteiger partial charge is 0.318 e. The number of amides is 2. The summed E-state index contributed by atoms with van der Waals surface area (Å²) in [5.41, 5.74) is 1.59. The van der Waals surface area contributed by atoms with Gasteiger partial charge in [-0.05, 0) is 98.7 Å². The molecule has 2 amide bonds. The molecular weight excluding hydrogens is 697 g/mol. The number of nitrogens with zero attached hydrogens (tertiary/aromatic N) is 1. The first-order valence-corrected chi connectivity index (χ1v) is 21.2. The number of carbonyl (C=O) groups is 2. The highest BCUT2D eigenvalue weighted by molar-refractivity contribution is 6.14. The molecule has 2 bridgehead atoms. The Morgan fingerprint density at radius 2 is 1.54 bits per heavy atom. The average molecular weight is 755 g/mol. The summed E-state index contributed by atoms with van der Waals surface area (Å²) in [4.78, 5) is 31.7. The molecule has 7 heteroatoms. The van der Waals surface area contributed by atoms with Gasteiger partial charge in [0.05, 0.1) is 30.4 Å². The van der Waals surface area contributed by atoms with E-state index in [9.17, 15) is 15.0 Å². The van der Waals surface area contributed by atoms with Crippen molar-refractivity contribution in [3.05, 3.63) is 120 Å². The Kier molecular flexibility index (Phi) is 9.26. The highest BCUT2D eigenvalue weighted by Gasteiger charge is 2.74. The number of ether oxygens (including phenoxy) is 1. The molecule has 1 saturated heterocycles. The summed E-state index contributed by atoms with van der Waals surface area (Å²) in [5, 5.41) is 27.7. The fourth-order valence-corrected chi connectivity index (χ4v) is 13.0. The van der Waals surface area contributed by atoms with Crippen molar-refractivity contribution in [2.75, 3.05) is 19.7 Å². The summed E-state index contributed by atoms with van der Waals surface area (Å²) >= 11 is 0. The van der Waals surface area contributed by atoms with Gasteiger partial charge >= 0.3 is 6.03 Å². The monoisotopic (exact) mass is 754 g/mol. The van der Waals surface area contributed by atoms with E-state index in [2.05, 4.69) is 49.5 Å². The van der Waals surface area contributed by atoms with Gasteiger partial charge in [-0.3, -0.25) is 4.79 Å². The van der Waals surface area contributed by atoms with E-state index < -0.39 is 27.9 Å². The molecule has 56 heavy (non-hydrogen) atoms. The van der Waals surface area contributed by atoms with E-state index in [1.54, 1.807) is 0 Å². The van der Waals surface area contributed by atoms with Crippen LogP contribution in [0.1, 0.15) is 101 Å². The van der Waals surface area contributed by atoms with Crippen LogP contribution in [0.15, 0.2) is 109 Å². The van der Waals surface area contributed by atoms with Crippen molar-refractivity contribution in [3.63, 3.8) is 0 Å².